The average Bonchev–Trinajstić information content (AvgIpc) is 3.09. The molecule has 1 saturated carbocycles. The lowest BCUT2D eigenvalue weighted by molar-refractivity contribution is -0.115. The van der Waals surface area contributed by atoms with E-state index in [9.17, 15) is 9.59 Å². The maximum absolute atomic E-state index is 12.3. The monoisotopic (exact) mass is 304 g/mol. The highest BCUT2D eigenvalue weighted by atomic mass is 32.2. The molecule has 4 nitrogen and oxygen atoms in total. The molecule has 1 aliphatic heterocycles. The topological polar surface area (TPSA) is 58.2 Å². The van der Waals surface area contributed by atoms with Crippen LogP contribution in [0.1, 0.15) is 41.6 Å². The second-order valence-electron chi connectivity index (χ2n) is 5.87. The minimum absolute atomic E-state index is 0.00477. The fourth-order valence-corrected chi connectivity index (χ4v) is 4.08. The number of nitrogens with one attached hydrogen (secondary N) is 2. The smallest absolute Gasteiger partial charge is 0.251 e. The summed E-state index contributed by atoms with van der Waals surface area (Å²) in [5.74, 6) is -0.0610. The fraction of sp³-hybridized carbons (Fsp3) is 0.500. The highest BCUT2D eigenvalue weighted by Crippen LogP contribution is 2.39. The van der Waals surface area contributed by atoms with Crippen molar-refractivity contribution >= 4 is 29.3 Å². The summed E-state index contributed by atoms with van der Waals surface area (Å²) in [5.41, 5.74) is 2.35. The van der Waals surface area contributed by atoms with Gasteiger partial charge in [0, 0.05) is 22.5 Å². The van der Waals surface area contributed by atoms with Gasteiger partial charge in [-0.1, -0.05) is 18.9 Å². The number of amides is 2. The number of fused-ring (bicyclic) bond motifs is 1. The lowest BCUT2D eigenvalue weighted by Gasteiger charge is -2.26. The van der Waals surface area contributed by atoms with Crippen LogP contribution < -0.4 is 10.6 Å². The highest BCUT2D eigenvalue weighted by Gasteiger charge is 2.33. The van der Waals surface area contributed by atoms with Crippen molar-refractivity contribution < 1.29 is 9.59 Å². The van der Waals surface area contributed by atoms with Crippen molar-refractivity contribution in [2.45, 2.75) is 36.9 Å². The highest BCUT2D eigenvalue weighted by molar-refractivity contribution is 8.00. The van der Waals surface area contributed by atoms with Gasteiger partial charge in [-0.2, -0.15) is 11.8 Å². The van der Waals surface area contributed by atoms with Gasteiger partial charge in [0.05, 0.1) is 6.42 Å². The predicted molar refractivity (Wildman–Crippen MR) is 85.8 cm³/mol. The maximum Gasteiger partial charge on any atom is 0.251 e. The molecule has 21 heavy (non-hydrogen) atoms. The zero-order chi connectivity index (χ0) is 14.9. The summed E-state index contributed by atoms with van der Waals surface area (Å²) in [6.07, 6.45) is 7.39. The van der Waals surface area contributed by atoms with Crippen LogP contribution in [0.15, 0.2) is 18.2 Å². The van der Waals surface area contributed by atoms with Crippen molar-refractivity contribution in [2.75, 3.05) is 18.1 Å². The van der Waals surface area contributed by atoms with Crippen molar-refractivity contribution in [3.63, 3.8) is 0 Å². The van der Waals surface area contributed by atoms with E-state index in [-0.39, 0.29) is 16.6 Å². The predicted octanol–water partition coefficient (Wildman–Crippen LogP) is 2.59. The number of hydrogen-bond donors (Lipinski definition) is 2. The van der Waals surface area contributed by atoms with Crippen LogP contribution in [0.4, 0.5) is 5.69 Å². The molecule has 0 saturated heterocycles. The number of carbonyl (C=O) groups is 2. The molecule has 0 radical (unpaired) electrons. The third-order valence-corrected chi connectivity index (χ3v) is 5.93. The van der Waals surface area contributed by atoms with E-state index >= 15 is 0 Å². The first kappa shape index (κ1) is 14.4. The van der Waals surface area contributed by atoms with Crippen LogP contribution in [0, 0.1) is 0 Å². The van der Waals surface area contributed by atoms with Crippen molar-refractivity contribution in [1.29, 1.82) is 0 Å². The van der Waals surface area contributed by atoms with Crippen LogP contribution in [0.5, 0.6) is 0 Å². The van der Waals surface area contributed by atoms with Crippen molar-refractivity contribution in [3.05, 3.63) is 29.3 Å². The number of anilines is 1. The normalized spacial score (nSPS) is 19.2. The first-order valence-corrected chi connectivity index (χ1v) is 8.60. The number of benzene rings is 1. The number of carbonyl (C=O) groups excluding carboxylic acids is 2. The third kappa shape index (κ3) is 2.93. The van der Waals surface area contributed by atoms with Crippen LogP contribution in [0.3, 0.4) is 0 Å². The molecular weight excluding hydrogens is 284 g/mol. The Labute approximate surface area is 129 Å². The molecule has 1 aliphatic carbocycles. The van der Waals surface area contributed by atoms with Gasteiger partial charge in [0.2, 0.25) is 5.91 Å². The van der Waals surface area contributed by atoms with Gasteiger partial charge >= 0.3 is 0 Å². The van der Waals surface area contributed by atoms with Crippen molar-refractivity contribution in [2.24, 2.45) is 0 Å². The van der Waals surface area contributed by atoms with Crippen LogP contribution in [-0.4, -0.2) is 29.4 Å². The van der Waals surface area contributed by atoms with E-state index < -0.39 is 0 Å². The van der Waals surface area contributed by atoms with Crippen LogP contribution >= 0.6 is 11.8 Å². The molecule has 0 aromatic heterocycles. The number of hydrogen-bond acceptors (Lipinski definition) is 3. The van der Waals surface area contributed by atoms with Crippen molar-refractivity contribution in [3.8, 4) is 0 Å². The Bertz CT molecular complexity index is 580. The van der Waals surface area contributed by atoms with E-state index in [1.54, 1.807) is 12.1 Å². The Morgan fingerprint density at radius 3 is 2.86 bits per heavy atom. The van der Waals surface area contributed by atoms with Gasteiger partial charge in [-0.15, -0.1) is 0 Å². The van der Waals surface area contributed by atoms with Gasteiger partial charge in [-0.05, 0) is 36.8 Å². The first-order valence-electron chi connectivity index (χ1n) is 7.38. The van der Waals surface area contributed by atoms with Gasteiger partial charge in [-0.25, -0.2) is 0 Å². The lowest BCUT2D eigenvalue weighted by atomic mass is 10.1. The second-order valence-corrected chi connectivity index (χ2v) is 7.15. The van der Waals surface area contributed by atoms with E-state index in [0.29, 0.717) is 12.0 Å². The van der Waals surface area contributed by atoms with E-state index in [2.05, 4.69) is 16.9 Å². The summed E-state index contributed by atoms with van der Waals surface area (Å²) < 4.78 is 0.209. The standard InChI is InChI=1S/C16H20N2O2S/c1-21-16(6-2-3-7-16)10-17-15(20)12-5-4-11-9-14(19)18-13(11)8-12/h4-5,8H,2-3,6-7,9-10H2,1H3,(H,17,20)(H,18,19). The fourth-order valence-electron chi connectivity index (χ4n) is 3.17. The third-order valence-electron chi connectivity index (χ3n) is 4.52. The SMILES string of the molecule is CSC1(CNC(=O)c2ccc3c(c2)NC(=O)C3)CCCC1. The van der Waals surface area contributed by atoms with E-state index in [1.165, 1.54) is 25.7 Å². The van der Waals surface area contributed by atoms with Crippen LogP contribution in [-0.2, 0) is 11.2 Å². The molecule has 5 heteroatoms. The largest absolute Gasteiger partial charge is 0.351 e. The van der Waals surface area contributed by atoms with Gasteiger partial charge < -0.3 is 10.6 Å². The quantitative estimate of drug-likeness (QED) is 0.899. The lowest BCUT2D eigenvalue weighted by Crippen LogP contribution is -2.38. The molecule has 2 aliphatic rings. The molecule has 0 atom stereocenters. The zero-order valence-electron chi connectivity index (χ0n) is 12.2. The minimum Gasteiger partial charge on any atom is -0.351 e. The molecule has 112 valence electrons. The summed E-state index contributed by atoms with van der Waals surface area (Å²) >= 11 is 1.87. The zero-order valence-corrected chi connectivity index (χ0v) is 13.0. The average molecular weight is 304 g/mol. The van der Waals surface area contributed by atoms with Gasteiger partial charge in [0.15, 0.2) is 0 Å². The molecule has 0 spiro atoms. The molecule has 1 heterocycles. The maximum atomic E-state index is 12.3. The van der Waals surface area contributed by atoms with E-state index in [4.69, 9.17) is 0 Å². The molecule has 1 aromatic rings. The van der Waals surface area contributed by atoms with Crippen LogP contribution in [0.2, 0.25) is 0 Å². The van der Waals surface area contributed by atoms with E-state index in [0.717, 1.165) is 17.8 Å². The Hall–Kier alpha value is -1.49. The summed E-state index contributed by atoms with van der Waals surface area (Å²) in [6.45, 7) is 0.719. The molecule has 1 aromatic carbocycles. The van der Waals surface area contributed by atoms with Gasteiger partial charge in [-0.3, -0.25) is 9.59 Å². The number of rotatable bonds is 4. The minimum atomic E-state index is -0.0562. The summed E-state index contributed by atoms with van der Waals surface area (Å²) in [7, 11) is 0. The second kappa shape index (κ2) is 5.72. The van der Waals surface area contributed by atoms with E-state index in [1.807, 2.05) is 17.8 Å². The Morgan fingerprint density at radius 2 is 2.14 bits per heavy atom. The number of thioether (sulfide) groups is 1. The Kier molecular flexibility index (Phi) is 3.93. The Morgan fingerprint density at radius 1 is 1.38 bits per heavy atom. The molecular formula is C16H20N2O2S. The summed E-state index contributed by atoms with van der Waals surface area (Å²) in [5, 5.41) is 5.85. The molecule has 2 amide bonds. The van der Waals surface area contributed by atoms with Gasteiger partial charge in [0.1, 0.15) is 0 Å². The summed E-state index contributed by atoms with van der Waals surface area (Å²) in [4.78, 5) is 23.7. The first-order chi connectivity index (χ1) is 10.1. The summed E-state index contributed by atoms with van der Waals surface area (Å²) in [6, 6.07) is 5.44. The molecule has 0 unspecified atom stereocenters. The van der Waals surface area contributed by atoms with Gasteiger partial charge in [0.25, 0.3) is 5.91 Å². The Balaban J connectivity index is 1.66. The molecule has 1 fully saturated rings. The van der Waals surface area contributed by atoms with Crippen LogP contribution in [0.25, 0.3) is 0 Å². The molecule has 2 N–H and O–H groups in total. The van der Waals surface area contributed by atoms with Crippen molar-refractivity contribution in [1.82, 2.24) is 5.32 Å². The molecule has 3 rings (SSSR count). The molecule has 0 bridgehead atoms.